The average molecular weight is 576 g/mol. The van der Waals surface area contributed by atoms with Crippen LogP contribution >= 0.6 is 0 Å². The third-order valence-electron chi connectivity index (χ3n) is 7.92. The van der Waals surface area contributed by atoms with Gasteiger partial charge in [0.1, 0.15) is 11.6 Å². The number of hydrogen-bond donors (Lipinski definition) is 2. The largest absolute Gasteiger partial charge is 0.369 e. The lowest BCUT2D eigenvalue weighted by Crippen LogP contribution is -2.44. The molecule has 0 radical (unpaired) electrons. The summed E-state index contributed by atoms with van der Waals surface area (Å²) in [6.07, 6.45) is 1.66. The number of benzene rings is 3. The van der Waals surface area contributed by atoms with Crippen LogP contribution in [-0.4, -0.2) is 71.7 Å². The van der Waals surface area contributed by atoms with Crippen molar-refractivity contribution >= 4 is 46.6 Å². The maximum Gasteiger partial charge on any atom is 0.273 e. The molecule has 10 nitrogen and oxygen atoms in total. The first kappa shape index (κ1) is 28.0. The molecule has 2 aliphatic rings. The number of fused-ring (bicyclic) bond motifs is 1. The fourth-order valence-electron chi connectivity index (χ4n) is 5.44. The van der Waals surface area contributed by atoms with Gasteiger partial charge in [-0.3, -0.25) is 24.1 Å². The summed E-state index contributed by atoms with van der Waals surface area (Å²) in [5, 5.41) is 9.92. The number of carbonyl (C=O) groups excluding carboxylic acids is 3. The number of nitrogens with zero attached hydrogens (tertiary/aromatic N) is 5. The maximum atomic E-state index is 13.2. The molecule has 43 heavy (non-hydrogen) atoms. The first-order valence-electron chi connectivity index (χ1n) is 14.2. The second-order valence-corrected chi connectivity index (χ2v) is 11.0. The van der Waals surface area contributed by atoms with Crippen molar-refractivity contribution in [1.29, 1.82) is 0 Å². The third-order valence-corrected chi connectivity index (χ3v) is 7.92. The Morgan fingerprint density at radius 1 is 0.930 bits per heavy atom. The Hall–Kier alpha value is -5.09. The van der Waals surface area contributed by atoms with E-state index in [2.05, 4.69) is 49.7 Å². The lowest BCUT2D eigenvalue weighted by Gasteiger charge is -2.34. The van der Waals surface area contributed by atoms with E-state index in [1.165, 1.54) is 10.4 Å². The zero-order chi connectivity index (χ0) is 30.1. The normalized spacial score (nSPS) is 16.8. The molecule has 2 N–H and O–H groups in total. The van der Waals surface area contributed by atoms with Gasteiger partial charge in [-0.2, -0.15) is 5.10 Å². The van der Waals surface area contributed by atoms with Crippen LogP contribution in [0.3, 0.4) is 0 Å². The molecule has 6 rings (SSSR count). The van der Waals surface area contributed by atoms with Gasteiger partial charge < -0.3 is 20.4 Å². The number of carbonyl (C=O) groups is 3. The first-order chi connectivity index (χ1) is 20.7. The van der Waals surface area contributed by atoms with Gasteiger partial charge in [0.2, 0.25) is 5.91 Å². The second-order valence-electron chi connectivity index (χ2n) is 11.0. The van der Waals surface area contributed by atoms with Crippen LogP contribution in [-0.2, 0) is 11.8 Å². The lowest BCUT2D eigenvalue weighted by atomic mass is 9.97. The highest BCUT2D eigenvalue weighted by atomic mass is 16.2. The van der Waals surface area contributed by atoms with E-state index in [0.717, 1.165) is 43.1 Å². The third kappa shape index (κ3) is 5.96. The highest BCUT2D eigenvalue weighted by molar-refractivity contribution is 6.15. The number of rotatable bonds is 7. The summed E-state index contributed by atoms with van der Waals surface area (Å²) >= 11 is 0. The van der Waals surface area contributed by atoms with Gasteiger partial charge in [-0.25, -0.2) is 0 Å². The summed E-state index contributed by atoms with van der Waals surface area (Å²) in [5.74, 6) is -1.18. The molecule has 0 aliphatic carbocycles. The molecule has 1 aromatic heterocycles. The zero-order valence-electron chi connectivity index (χ0n) is 24.4. The molecule has 0 spiro atoms. The van der Waals surface area contributed by atoms with Crippen LogP contribution < -0.4 is 15.5 Å². The van der Waals surface area contributed by atoms with Crippen molar-refractivity contribution in [3.8, 4) is 0 Å². The average Bonchev–Trinajstić information content (AvgIpc) is 3.52. The molecule has 3 aromatic carbocycles. The minimum absolute atomic E-state index is 0.180. The van der Waals surface area contributed by atoms with Crippen molar-refractivity contribution in [3.63, 3.8) is 0 Å². The number of piperazine rings is 1. The van der Waals surface area contributed by atoms with E-state index < -0.39 is 5.92 Å². The fraction of sp³-hybridized carbons (Fsp3) is 0.242. The zero-order valence-corrected chi connectivity index (χ0v) is 24.4. The summed E-state index contributed by atoms with van der Waals surface area (Å²) in [7, 11) is 3.85. The summed E-state index contributed by atoms with van der Waals surface area (Å²) in [5.41, 5.74) is 6.03. The Balaban J connectivity index is 1.11. The van der Waals surface area contributed by atoms with Crippen molar-refractivity contribution in [2.24, 2.45) is 12.0 Å². The van der Waals surface area contributed by atoms with E-state index in [4.69, 9.17) is 0 Å². The molecule has 218 valence electrons. The van der Waals surface area contributed by atoms with E-state index in [-0.39, 0.29) is 17.6 Å². The molecule has 1 fully saturated rings. The standard InChI is InChI=1S/C33H33N7O3/c1-21-18-30(39(3)37-21)33(43)35-25-7-4-22(5-8-25)31(41)23-6-13-27-28(32(42)36-29(27)19-23)20-34-24-9-11-26(12-10-24)40-16-14-38(2)15-17-40/h4-13,18-20,28H,14-17H2,1-3H3,(H,35,43)(H,36,42). The predicted molar refractivity (Wildman–Crippen MR) is 168 cm³/mol. The number of aliphatic imine (C=N–C) groups is 1. The van der Waals surface area contributed by atoms with Crippen molar-refractivity contribution in [2.45, 2.75) is 12.8 Å². The predicted octanol–water partition coefficient (Wildman–Crippen LogP) is 4.40. The molecular formula is C33H33N7O3. The second kappa shape index (κ2) is 11.7. The van der Waals surface area contributed by atoms with Crippen molar-refractivity contribution in [1.82, 2.24) is 14.7 Å². The number of likely N-dealkylation sites (N-methyl/N-ethyl adjacent to an activating group) is 1. The number of nitrogens with one attached hydrogen (secondary N) is 2. The Morgan fingerprint density at radius 2 is 1.63 bits per heavy atom. The van der Waals surface area contributed by atoms with Crippen LogP contribution in [0.5, 0.6) is 0 Å². The summed E-state index contributed by atoms with van der Waals surface area (Å²) < 4.78 is 1.53. The van der Waals surface area contributed by atoms with Gasteiger partial charge in [0.15, 0.2) is 5.78 Å². The minimum atomic E-state index is -0.539. The fourth-order valence-corrected chi connectivity index (χ4v) is 5.44. The highest BCUT2D eigenvalue weighted by Gasteiger charge is 2.30. The van der Waals surface area contributed by atoms with Gasteiger partial charge in [0.05, 0.1) is 11.4 Å². The molecule has 0 bridgehead atoms. The van der Waals surface area contributed by atoms with Crippen molar-refractivity contribution in [2.75, 3.05) is 48.8 Å². The van der Waals surface area contributed by atoms with E-state index in [0.29, 0.717) is 28.2 Å². The number of ketones is 1. The Kier molecular flexibility index (Phi) is 7.60. The Labute approximate surface area is 250 Å². The summed E-state index contributed by atoms with van der Waals surface area (Å²) in [4.78, 5) is 47.9. The van der Waals surface area contributed by atoms with Crippen LogP contribution in [0.1, 0.15) is 43.6 Å². The smallest absolute Gasteiger partial charge is 0.273 e. The minimum Gasteiger partial charge on any atom is -0.369 e. The van der Waals surface area contributed by atoms with Gasteiger partial charge in [0.25, 0.3) is 5.91 Å². The van der Waals surface area contributed by atoms with Crippen molar-refractivity contribution < 1.29 is 14.4 Å². The number of aryl methyl sites for hydroxylation is 2. The monoisotopic (exact) mass is 575 g/mol. The van der Waals surface area contributed by atoms with Gasteiger partial charge >= 0.3 is 0 Å². The molecule has 1 unspecified atom stereocenters. The molecule has 1 saturated heterocycles. The molecule has 1 atom stereocenters. The maximum absolute atomic E-state index is 13.2. The van der Waals surface area contributed by atoms with Gasteiger partial charge in [0, 0.05) is 67.6 Å². The van der Waals surface area contributed by atoms with E-state index in [1.807, 2.05) is 19.1 Å². The van der Waals surface area contributed by atoms with Crippen LogP contribution in [0.2, 0.25) is 0 Å². The SMILES string of the molecule is Cc1cc(C(=O)Nc2ccc(C(=O)c3ccc4c(c3)NC(=O)C4C=Nc3ccc(N4CCN(C)CC4)cc3)cc2)n(C)n1. The number of aromatic nitrogens is 2. The first-order valence-corrected chi connectivity index (χ1v) is 14.2. The molecule has 0 saturated carbocycles. The Morgan fingerprint density at radius 3 is 2.30 bits per heavy atom. The van der Waals surface area contributed by atoms with Gasteiger partial charge in [-0.15, -0.1) is 0 Å². The summed E-state index contributed by atoms with van der Waals surface area (Å²) in [6.45, 7) is 5.91. The number of anilines is 3. The van der Waals surface area contributed by atoms with Crippen LogP contribution in [0, 0.1) is 6.92 Å². The van der Waals surface area contributed by atoms with Crippen LogP contribution in [0.25, 0.3) is 0 Å². The molecule has 10 heteroatoms. The van der Waals surface area contributed by atoms with E-state index in [1.54, 1.807) is 61.8 Å². The topological polar surface area (TPSA) is 112 Å². The van der Waals surface area contributed by atoms with Gasteiger partial charge in [-0.1, -0.05) is 12.1 Å². The quantitative estimate of drug-likeness (QED) is 0.250. The molecule has 2 aliphatic heterocycles. The number of amides is 2. The summed E-state index contributed by atoms with van der Waals surface area (Å²) in [6, 6.07) is 21.7. The number of hydrogen-bond acceptors (Lipinski definition) is 7. The highest BCUT2D eigenvalue weighted by Crippen LogP contribution is 2.33. The lowest BCUT2D eigenvalue weighted by molar-refractivity contribution is -0.115. The van der Waals surface area contributed by atoms with E-state index in [9.17, 15) is 14.4 Å². The van der Waals surface area contributed by atoms with Crippen LogP contribution in [0.4, 0.5) is 22.7 Å². The molecule has 3 heterocycles. The Bertz CT molecular complexity index is 1720. The van der Waals surface area contributed by atoms with Crippen molar-refractivity contribution in [3.05, 3.63) is 101 Å². The van der Waals surface area contributed by atoms with E-state index >= 15 is 0 Å². The molecule has 2 amide bonds. The van der Waals surface area contributed by atoms with Gasteiger partial charge in [-0.05, 0) is 80.2 Å². The van der Waals surface area contributed by atoms with Crippen LogP contribution in [0.15, 0.2) is 77.8 Å². The molecular weight excluding hydrogens is 542 g/mol. The molecule has 4 aromatic rings.